The summed E-state index contributed by atoms with van der Waals surface area (Å²) in [6.07, 6.45) is -3.91. The molecule has 0 aliphatic heterocycles. The molecule has 0 unspecified atom stereocenters. The number of hydrogen-bond donors (Lipinski definition) is 3. The van der Waals surface area contributed by atoms with E-state index in [1.807, 2.05) is 33.0 Å². The zero-order valence-corrected chi connectivity index (χ0v) is 14.9. The minimum Gasteiger partial charge on any atom is -0.331 e. The highest BCUT2D eigenvalue weighted by Crippen LogP contribution is 2.33. The van der Waals surface area contributed by atoms with Crippen LogP contribution in [0.4, 0.5) is 24.8 Å². The van der Waals surface area contributed by atoms with Crippen LogP contribution in [0.1, 0.15) is 31.0 Å². The summed E-state index contributed by atoms with van der Waals surface area (Å²) in [5.41, 5.74) is 5.53. The lowest BCUT2D eigenvalue weighted by molar-refractivity contribution is -0.137. The molecule has 2 aromatic rings. The summed E-state index contributed by atoms with van der Waals surface area (Å²) >= 11 is 5.55. The molecule has 0 aliphatic carbocycles. The molecule has 0 radical (unpaired) electrons. The van der Waals surface area contributed by atoms with Gasteiger partial charge in [-0.3, -0.25) is 0 Å². The highest BCUT2D eigenvalue weighted by atomic mass is 35.5. The number of nitrogens with zero attached hydrogens (tertiary/aromatic N) is 2. The Morgan fingerprint density at radius 2 is 1.80 bits per heavy atom. The van der Waals surface area contributed by atoms with E-state index in [1.165, 1.54) is 0 Å². The van der Waals surface area contributed by atoms with Gasteiger partial charge in [0.2, 0.25) is 5.95 Å². The second-order valence-electron chi connectivity index (χ2n) is 5.06. The van der Waals surface area contributed by atoms with Crippen LogP contribution in [0, 0.1) is 0 Å². The summed E-state index contributed by atoms with van der Waals surface area (Å²) in [6.45, 7) is 4.67. The first kappa shape index (κ1) is 21.1. The number of nitrogens with one attached hydrogen (secondary N) is 2. The van der Waals surface area contributed by atoms with Crippen LogP contribution < -0.4 is 16.4 Å². The molecule has 0 saturated carbocycles. The van der Waals surface area contributed by atoms with Gasteiger partial charge in [-0.2, -0.15) is 13.2 Å². The summed E-state index contributed by atoms with van der Waals surface area (Å²) in [6, 6.07) is 7.58. The van der Waals surface area contributed by atoms with Gasteiger partial charge in [0, 0.05) is 17.9 Å². The Kier molecular flexibility index (Phi) is 8.08. The summed E-state index contributed by atoms with van der Waals surface area (Å²) in [7, 11) is 1.86. The van der Waals surface area contributed by atoms with Crippen LogP contribution in [-0.2, 0) is 6.18 Å². The second-order valence-corrected chi connectivity index (χ2v) is 5.42. The van der Waals surface area contributed by atoms with Gasteiger partial charge in [0.25, 0.3) is 0 Å². The maximum absolute atomic E-state index is 12.6. The van der Waals surface area contributed by atoms with Gasteiger partial charge in [-0.05, 0) is 38.2 Å². The topological polar surface area (TPSA) is 75.9 Å². The van der Waals surface area contributed by atoms with Gasteiger partial charge in [-0.15, -0.1) is 0 Å². The van der Waals surface area contributed by atoms with Gasteiger partial charge < -0.3 is 16.4 Å². The SMILES string of the molecule is CCN.CN[C@H](C)c1ccc(Nc2ncc(C(F)(F)F)c(Cl)n2)cc1. The Bertz CT molecular complexity index is 662. The van der Waals surface area contributed by atoms with Crippen molar-refractivity contribution in [3.05, 3.63) is 46.7 Å². The normalized spacial score (nSPS) is 12.2. The molecule has 4 N–H and O–H groups in total. The van der Waals surface area contributed by atoms with E-state index in [2.05, 4.69) is 20.6 Å². The van der Waals surface area contributed by atoms with Crippen LogP contribution in [0.5, 0.6) is 0 Å². The van der Waals surface area contributed by atoms with Gasteiger partial charge in [0.1, 0.15) is 10.7 Å². The molecular formula is C16H21ClF3N5. The molecule has 0 spiro atoms. The molecule has 9 heteroatoms. The molecule has 2 rings (SSSR count). The Morgan fingerprint density at radius 1 is 1.24 bits per heavy atom. The first-order chi connectivity index (χ1) is 11.7. The number of nitrogens with two attached hydrogens (primary N) is 1. The lowest BCUT2D eigenvalue weighted by Gasteiger charge is -2.12. The van der Waals surface area contributed by atoms with E-state index < -0.39 is 16.9 Å². The molecule has 1 heterocycles. The molecule has 0 aliphatic rings. The van der Waals surface area contributed by atoms with Crippen molar-refractivity contribution >= 4 is 23.2 Å². The van der Waals surface area contributed by atoms with Gasteiger partial charge in [-0.25, -0.2) is 9.97 Å². The zero-order chi connectivity index (χ0) is 19.0. The molecular weight excluding hydrogens is 355 g/mol. The van der Waals surface area contributed by atoms with Crippen molar-refractivity contribution in [1.82, 2.24) is 15.3 Å². The summed E-state index contributed by atoms with van der Waals surface area (Å²) in [5, 5.41) is 5.29. The smallest absolute Gasteiger partial charge is 0.331 e. The molecule has 0 bridgehead atoms. The third-order valence-corrected chi connectivity index (χ3v) is 3.44. The average molecular weight is 376 g/mol. The number of aromatic nitrogens is 2. The van der Waals surface area contributed by atoms with Gasteiger partial charge in [-0.1, -0.05) is 30.7 Å². The zero-order valence-electron chi connectivity index (χ0n) is 14.2. The third-order valence-electron chi connectivity index (χ3n) is 3.15. The van der Waals surface area contributed by atoms with Crippen molar-refractivity contribution in [2.75, 3.05) is 18.9 Å². The monoisotopic (exact) mass is 375 g/mol. The number of hydrogen-bond acceptors (Lipinski definition) is 5. The maximum Gasteiger partial charge on any atom is 0.420 e. The fourth-order valence-electron chi connectivity index (χ4n) is 1.76. The molecule has 5 nitrogen and oxygen atoms in total. The van der Waals surface area contributed by atoms with E-state index in [0.717, 1.165) is 12.1 Å². The van der Waals surface area contributed by atoms with Crippen molar-refractivity contribution in [3.8, 4) is 0 Å². The van der Waals surface area contributed by atoms with E-state index in [9.17, 15) is 13.2 Å². The Labute approximate surface area is 149 Å². The second kappa shape index (κ2) is 9.55. The summed E-state index contributed by atoms with van der Waals surface area (Å²) in [5.74, 6) is 0.00687. The number of anilines is 2. The van der Waals surface area contributed by atoms with E-state index in [4.69, 9.17) is 17.3 Å². The molecule has 138 valence electrons. The average Bonchev–Trinajstić information content (AvgIpc) is 2.54. The minimum atomic E-state index is -4.57. The Morgan fingerprint density at radius 3 is 2.24 bits per heavy atom. The maximum atomic E-state index is 12.6. The Hall–Kier alpha value is -1.90. The predicted molar refractivity (Wildman–Crippen MR) is 94.0 cm³/mol. The van der Waals surface area contributed by atoms with Crippen LogP contribution in [-0.4, -0.2) is 23.6 Å². The molecule has 1 atom stereocenters. The quantitative estimate of drug-likeness (QED) is 0.700. The largest absolute Gasteiger partial charge is 0.420 e. The van der Waals surface area contributed by atoms with Gasteiger partial charge in [0.15, 0.2) is 0 Å². The van der Waals surface area contributed by atoms with E-state index in [1.54, 1.807) is 12.1 Å². The van der Waals surface area contributed by atoms with Gasteiger partial charge in [0.05, 0.1) is 0 Å². The van der Waals surface area contributed by atoms with E-state index in [0.29, 0.717) is 11.9 Å². The van der Waals surface area contributed by atoms with Crippen LogP contribution in [0.3, 0.4) is 0 Å². The number of alkyl halides is 3. The fraction of sp³-hybridized carbons (Fsp3) is 0.375. The lowest BCUT2D eigenvalue weighted by atomic mass is 10.1. The van der Waals surface area contributed by atoms with E-state index in [-0.39, 0.29) is 12.0 Å². The van der Waals surface area contributed by atoms with Crippen LogP contribution in [0.2, 0.25) is 5.15 Å². The van der Waals surface area contributed by atoms with Crippen molar-refractivity contribution in [1.29, 1.82) is 0 Å². The molecule has 0 amide bonds. The van der Waals surface area contributed by atoms with Crippen LogP contribution in [0.25, 0.3) is 0 Å². The highest BCUT2D eigenvalue weighted by molar-refractivity contribution is 6.30. The Balaban J connectivity index is 0.000000970. The van der Waals surface area contributed by atoms with E-state index >= 15 is 0 Å². The first-order valence-corrected chi connectivity index (χ1v) is 7.94. The van der Waals surface area contributed by atoms with Crippen LogP contribution >= 0.6 is 11.6 Å². The van der Waals surface area contributed by atoms with Crippen molar-refractivity contribution in [2.45, 2.75) is 26.1 Å². The summed E-state index contributed by atoms with van der Waals surface area (Å²) < 4.78 is 37.7. The molecule has 25 heavy (non-hydrogen) atoms. The lowest BCUT2D eigenvalue weighted by Crippen LogP contribution is -2.12. The number of rotatable bonds is 4. The van der Waals surface area contributed by atoms with Crippen molar-refractivity contribution in [2.24, 2.45) is 5.73 Å². The highest BCUT2D eigenvalue weighted by Gasteiger charge is 2.34. The van der Waals surface area contributed by atoms with Crippen LogP contribution in [0.15, 0.2) is 30.5 Å². The fourth-order valence-corrected chi connectivity index (χ4v) is 2.00. The van der Waals surface area contributed by atoms with Crippen molar-refractivity contribution in [3.63, 3.8) is 0 Å². The van der Waals surface area contributed by atoms with Gasteiger partial charge >= 0.3 is 6.18 Å². The predicted octanol–water partition coefficient (Wildman–Crippen LogP) is 4.14. The number of halogens is 4. The molecule has 1 aromatic heterocycles. The first-order valence-electron chi connectivity index (χ1n) is 7.57. The molecule has 0 saturated heterocycles. The minimum absolute atomic E-state index is 0.00687. The standard InChI is InChI=1S/C14H14ClF3N4.C2H7N/c1-8(19-2)9-3-5-10(6-4-9)21-13-20-7-11(12(15)22-13)14(16,17)18;1-2-3/h3-8,19H,1-2H3,(H,20,21,22);2-3H2,1H3/t8-;/m1./s1. The molecule has 0 fully saturated rings. The molecule has 1 aromatic carbocycles. The summed E-state index contributed by atoms with van der Waals surface area (Å²) in [4.78, 5) is 7.26. The third kappa shape index (κ3) is 6.49. The number of benzene rings is 1. The van der Waals surface area contributed by atoms with Crippen molar-refractivity contribution < 1.29 is 13.2 Å².